The molecule has 0 aliphatic heterocycles. The number of hydrogen-bond donors (Lipinski definition) is 0. The summed E-state index contributed by atoms with van der Waals surface area (Å²) in [5, 5.41) is 6.22. The lowest BCUT2D eigenvalue weighted by molar-refractivity contribution is -0.141. The van der Waals surface area contributed by atoms with E-state index in [1.807, 2.05) is 0 Å². The van der Waals surface area contributed by atoms with E-state index in [4.69, 9.17) is 0 Å². The van der Waals surface area contributed by atoms with Crippen LogP contribution in [0.2, 0.25) is 0 Å². The molecule has 4 rings (SSSR count). The summed E-state index contributed by atoms with van der Waals surface area (Å²) >= 11 is 0. The zero-order valence-electron chi connectivity index (χ0n) is 21.0. The molecule has 0 saturated heterocycles. The summed E-state index contributed by atoms with van der Waals surface area (Å²) in [6.07, 6.45) is -9.75. The van der Waals surface area contributed by atoms with Gasteiger partial charge < -0.3 is 4.57 Å². The van der Waals surface area contributed by atoms with Gasteiger partial charge in [0.1, 0.15) is 5.52 Å². The normalized spacial score (nSPS) is 13.2. The van der Waals surface area contributed by atoms with E-state index < -0.39 is 81.5 Å². The Hall–Kier alpha value is -3.53. The van der Waals surface area contributed by atoms with E-state index in [-0.39, 0.29) is 16.8 Å². The van der Waals surface area contributed by atoms with Gasteiger partial charge in [-0.15, -0.1) is 10.2 Å². The van der Waals surface area contributed by atoms with E-state index in [0.717, 1.165) is 41.0 Å². The van der Waals surface area contributed by atoms with Crippen molar-refractivity contribution < 1.29 is 43.2 Å². The molecule has 0 fully saturated rings. The van der Waals surface area contributed by atoms with Crippen LogP contribution >= 0.6 is 0 Å². The fourth-order valence-corrected chi connectivity index (χ4v) is 6.16. The van der Waals surface area contributed by atoms with Gasteiger partial charge in [0, 0.05) is 18.2 Å². The second kappa shape index (κ2) is 9.83. The van der Waals surface area contributed by atoms with Crippen molar-refractivity contribution in [3.8, 4) is 22.3 Å². The van der Waals surface area contributed by atoms with Gasteiger partial charge in [0.2, 0.25) is 15.0 Å². The number of fused-ring (bicyclic) bond motifs is 1. The third-order valence-corrected chi connectivity index (χ3v) is 9.63. The molecule has 4 aromatic rings. The molecule has 2 aromatic heterocycles. The first kappa shape index (κ1) is 29.5. The largest absolute Gasteiger partial charge is 0.435 e. The highest BCUT2D eigenvalue weighted by molar-refractivity contribution is 7.91. The molecule has 0 amide bonds. The van der Waals surface area contributed by atoms with Crippen LogP contribution in [0.4, 0.5) is 26.3 Å². The van der Waals surface area contributed by atoms with Crippen LogP contribution in [0.5, 0.6) is 0 Å². The Morgan fingerprint density at radius 2 is 1.35 bits per heavy atom. The molecule has 0 aliphatic rings. The summed E-state index contributed by atoms with van der Waals surface area (Å²) in [5.74, 6) is -0.951. The third-order valence-electron chi connectivity index (χ3n) is 6.18. The fraction of sp³-hybridized carbons (Fsp3) is 0.292. The molecular formula is C24H20F6N4O4S2. The topological polar surface area (TPSA) is 112 Å². The highest BCUT2D eigenvalue weighted by Crippen LogP contribution is 2.43. The molecule has 0 radical (unpaired) electrons. The number of aromatic nitrogens is 4. The molecule has 16 heteroatoms. The van der Waals surface area contributed by atoms with Gasteiger partial charge in [0.15, 0.2) is 21.2 Å². The molecule has 0 unspecified atom stereocenters. The van der Waals surface area contributed by atoms with Gasteiger partial charge in [-0.1, -0.05) is 38.1 Å². The highest BCUT2D eigenvalue weighted by atomic mass is 32.2. The smallest absolute Gasteiger partial charge is 0.301 e. The number of nitrogens with zero attached hydrogens (tertiary/aromatic N) is 4. The summed E-state index contributed by atoms with van der Waals surface area (Å²) in [4.78, 5) is 3.37. The Labute approximate surface area is 224 Å². The van der Waals surface area contributed by atoms with Crippen LogP contribution < -0.4 is 0 Å². The van der Waals surface area contributed by atoms with Crippen molar-refractivity contribution in [3.05, 3.63) is 53.7 Å². The standard InChI is InChI=1S/C24H20F6N4O4S2/c1-4-39(35,36)17-12-14(13-6-9-15(10-7-13)23(25,26)27)8-11-16(17)18-19-21(33-32-20(18)24(28,29)30)34(3)22(31-19)40(37,38)5-2/h6-12H,4-5H2,1-3H3. The van der Waals surface area contributed by atoms with E-state index in [2.05, 4.69) is 15.2 Å². The highest BCUT2D eigenvalue weighted by Gasteiger charge is 2.40. The summed E-state index contributed by atoms with van der Waals surface area (Å²) in [7, 11) is -7.06. The predicted molar refractivity (Wildman–Crippen MR) is 133 cm³/mol. The van der Waals surface area contributed by atoms with Crippen molar-refractivity contribution in [2.45, 2.75) is 36.3 Å². The van der Waals surface area contributed by atoms with Crippen molar-refractivity contribution in [1.29, 1.82) is 0 Å². The lowest BCUT2D eigenvalue weighted by Crippen LogP contribution is -2.14. The number of sulfone groups is 2. The number of hydrogen-bond acceptors (Lipinski definition) is 7. The van der Waals surface area contributed by atoms with Crippen LogP contribution in [0, 0.1) is 0 Å². The van der Waals surface area contributed by atoms with E-state index >= 15 is 0 Å². The first-order valence-corrected chi connectivity index (χ1v) is 14.8. The van der Waals surface area contributed by atoms with Crippen LogP contribution in [0.15, 0.2) is 52.5 Å². The molecule has 0 bridgehead atoms. The molecule has 0 spiro atoms. The molecule has 2 aromatic carbocycles. The lowest BCUT2D eigenvalue weighted by Gasteiger charge is -2.16. The van der Waals surface area contributed by atoms with Gasteiger partial charge >= 0.3 is 12.4 Å². The van der Waals surface area contributed by atoms with Crippen molar-refractivity contribution in [1.82, 2.24) is 19.7 Å². The lowest BCUT2D eigenvalue weighted by atomic mass is 9.98. The monoisotopic (exact) mass is 606 g/mol. The zero-order chi connectivity index (χ0) is 29.8. The Bertz CT molecular complexity index is 1830. The van der Waals surface area contributed by atoms with Gasteiger partial charge in [-0.25, -0.2) is 21.8 Å². The molecule has 8 nitrogen and oxygen atoms in total. The summed E-state index contributed by atoms with van der Waals surface area (Å²) in [6.45, 7) is 2.58. The van der Waals surface area contributed by atoms with E-state index in [1.165, 1.54) is 27.0 Å². The summed E-state index contributed by atoms with van der Waals surface area (Å²) in [6, 6.07) is 7.14. The van der Waals surface area contributed by atoms with Crippen LogP contribution in [-0.4, -0.2) is 48.1 Å². The van der Waals surface area contributed by atoms with E-state index in [0.29, 0.717) is 0 Å². The van der Waals surface area contributed by atoms with Crippen molar-refractivity contribution in [2.24, 2.45) is 7.05 Å². The average Bonchev–Trinajstić information content (AvgIpc) is 3.24. The molecule has 2 heterocycles. The number of alkyl halides is 6. The zero-order valence-corrected chi connectivity index (χ0v) is 22.6. The third kappa shape index (κ3) is 5.16. The number of halogens is 6. The first-order chi connectivity index (χ1) is 18.4. The number of benzene rings is 2. The maximum Gasteiger partial charge on any atom is 0.435 e. The van der Waals surface area contributed by atoms with Gasteiger partial charge in [-0.05, 0) is 29.3 Å². The Morgan fingerprint density at radius 1 is 0.775 bits per heavy atom. The SMILES string of the molecule is CCS(=O)(=O)c1cc(-c2ccc(C(F)(F)F)cc2)ccc1-c1c(C(F)(F)F)nnc2c1nc(S(=O)(=O)CC)n2C. The first-order valence-electron chi connectivity index (χ1n) is 11.5. The van der Waals surface area contributed by atoms with Crippen LogP contribution in [-0.2, 0) is 39.1 Å². The minimum Gasteiger partial charge on any atom is -0.301 e. The molecule has 40 heavy (non-hydrogen) atoms. The van der Waals surface area contributed by atoms with Gasteiger partial charge in [-0.2, -0.15) is 26.3 Å². The summed E-state index contributed by atoms with van der Waals surface area (Å²) < 4.78 is 134. The number of imidazole rings is 1. The molecule has 0 aliphatic carbocycles. The minimum absolute atomic E-state index is 0.117. The molecule has 0 N–H and O–H groups in total. The maximum atomic E-state index is 14.2. The second-order valence-corrected chi connectivity index (χ2v) is 13.1. The van der Waals surface area contributed by atoms with E-state index in [9.17, 15) is 43.2 Å². The van der Waals surface area contributed by atoms with Crippen LogP contribution in [0.25, 0.3) is 33.4 Å². The molecule has 0 saturated carbocycles. The van der Waals surface area contributed by atoms with Crippen molar-refractivity contribution in [2.75, 3.05) is 11.5 Å². The maximum absolute atomic E-state index is 14.2. The average molecular weight is 607 g/mol. The molecular weight excluding hydrogens is 586 g/mol. The Kier molecular flexibility index (Phi) is 7.24. The van der Waals surface area contributed by atoms with Gasteiger partial charge in [0.05, 0.1) is 22.0 Å². The molecule has 0 atom stereocenters. The van der Waals surface area contributed by atoms with Crippen LogP contribution in [0.3, 0.4) is 0 Å². The van der Waals surface area contributed by atoms with Crippen molar-refractivity contribution in [3.63, 3.8) is 0 Å². The minimum atomic E-state index is -5.14. The van der Waals surface area contributed by atoms with Gasteiger partial charge in [0.25, 0.3) is 0 Å². The predicted octanol–water partition coefficient (Wildman–Crippen LogP) is 5.32. The Morgan fingerprint density at radius 3 is 1.88 bits per heavy atom. The fourth-order valence-electron chi connectivity index (χ4n) is 4.05. The Balaban J connectivity index is 2.08. The summed E-state index contributed by atoms with van der Waals surface area (Å²) in [5.41, 5.74) is -4.37. The van der Waals surface area contributed by atoms with E-state index in [1.54, 1.807) is 0 Å². The quantitative estimate of drug-likeness (QED) is 0.273. The van der Waals surface area contributed by atoms with Gasteiger partial charge in [-0.3, -0.25) is 0 Å². The second-order valence-electron chi connectivity index (χ2n) is 8.64. The van der Waals surface area contributed by atoms with Crippen LogP contribution in [0.1, 0.15) is 25.1 Å². The number of rotatable bonds is 6. The molecule has 214 valence electrons. The number of aryl methyl sites for hydroxylation is 1. The van der Waals surface area contributed by atoms with Crippen molar-refractivity contribution >= 4 is 30.8 Å².